The van der Waals surface area contributed by atoms with Gasteiger partial charge in [0.2, 0.25) is 5.82 Å². The van der Waals surface area contributed by atoms with Gasteiger partial charge in [0, 0.05) is 6.07 Å². The van der Waals surface area contributed by atoms with E-state index in [4.69, 9.17) is 0 Å². The number of ether oxygens (including phenoxy) is 1. The molecule has 0 fully saturated rings. The van der Waals surface area contributed by atoms with Crippen molar-refractivity contribution in [2.45, 2.75) is 19.8 Å². The fourth-order valence-electron chi connectivity index (χ4n) is 1.32. The highest BCUT2D eigenvalue weighted by Gasteiger charge is 2.27. The minimum Gasteiger partial charge on any atom is -0.466 e. The second kappa shape index (κ2) is 6.12. The Kier molecular flexibility index (Phi) is 4.79. The summed E-state index contributed by atoms with van der Waals surface area (Å²) >= 11 is 0. The molecule has 1 aromatic rings. The molecule has 0 atom stereocenters. The summed E-state index contributed by atoms with van der Waals surface area (Å²) in [6.07, 6.45) is -3.87. The van der Waals surface area contributed by atoms with Crippen LogP contribution in [-0.4, -0.2) is 22.5 Å². The number of esters is 1. The van der Waals surface area contributed by atoms with Crippen molar-refractivity contribution < 1.29 is 27.6 Å². The molecule has 0 aromatic carbocycles. The standard InChI is InChI=1S/C10H9F3N2O4/c1-2-19-7(16)4-5-3-6(15(17)18)8(11)9(14-5)10(12)13/h3,10H,2,4H2,1H3. The van der Waals surface area contributed by atoms with Gasteiger partial charge in [0.1, 0.15) is 5.69 Å². The summed E-state index contributed by atoms with van der Waals surface area (Å²) in [4.78, 5) is 23.7. The Balaban J connectivity index is 3.19. The van der Waals surface area contributed by atoms with Gasteiger partial charge in [-0.25, -0.2) is 13.8 Å². The normalized spacial score (nSPS) is 10.6. The molecule has 0 aliphatic rings. The van der Waals surface area contributed by atoms with Gasteiger partial charge in [-0.05, 0) is 6.92 Å². The first-order valence-corrected chi connectivity index (χ1v) is 5.14. The number of halogens is 3. The molecular formula is C10H9F3N2O4. The molecule has 1 rings (SSSR count). The van der Waals surface area contributed by atoms with E-state index in [9.17, 15) is 28.1 Å². The lowest BCUT2D eigenvalue weighted by Gasteiger charge is -2.06. The molecule has 0 N–H and O–H groups in total. The summed E-state index contributed by atoms with van der Waals surface area (Å²) in [5.74, 6) is -2.50. The second-order valence-electron chi connectivity index (χ2n) is 3.37. The number of carbonyl (C=O) groups is 1. The van der Waals surface area contributed by atoms with Crippen molar-refractivity contribution in [1.82, 2.24) is 4.98 Å². The van der Waals surface area contributed by atoms with E-state index in [2.05, 4.69) is 9.72 Å². The Morgan fingerprint density at radius 3 is 2.68 bits per heavy atom. The van der Waals surface area contributed by atoms with E-state index >= 15 is 0 Å². The van der Waals surface area contributed by atoms with Crippen molar-refractivity contribution in [1.29, 1.82) is 0 Å². The van der Waals surface area contributed by atoms with Gasteiger partial charge < -0.3 is 4.74 Å². The van der Waals surface area contributed by atoms with Gasteiger partial charge in [-0.15, -0.1) is 0 Å². The average molecular weight is 278 g/mol. The summed E-state index contributed by atoms with van der Waals surface area (Å²) in [6, 6.07) is 0.637. The summed E-state index contributed by atoms with van der Waals surface area (Å²) in [5.41, 5.74) is -2.85. The lowest BCUT2D eigenvalue weighted by atomic mass is 10.2. The van der Waals surface area contributed by atoms with Gasteiger partial charge >= 0.3 is 11.7 Å². The largest absolute Gasteiger partial charge is 0.466 e. The number of nitro groups is 1. The smallest absolute Gasteiger partial charge is 0.311 e. The zero-order valence-electron chi connectivity index (χ0n) is 9.73. The van der Waals surface area contributed by atoms with Gasteiger partial charge in [0.05, 0.1) is 23.6 Å². The zero-order valence-corrected chi connectivity index (χ0v) is 9.73. The molecule has 104 valence electrons. The second-order valence-corrected chi connectivity index (χ2v) is 3.37. The Morgan fingerprint density at radius 1 is 1.58 bits per heavy atom. The Labute approximate surface area is 105 Å². The minimum atomic E-state index is -3.32. The molecule has 6 nitrogen and oxygen atoms in total. The number of alkyl halides is 2. The first kappa shape index (κ1) is 14.9. The lowest BCUT2D eigenvalue weighted by Crippen LogP contribution is -2.11. The Morgan fingerprint density at radius 2 is 2.21 bits per heavy atom. The maximum Gasteiger partial charge on any atom is 0.311 e. The summed E-state index contributed by atoms with van der Waals surface area (Å²) in [5, 5.41) is 10.5. The molecule has 0 saturated carbocycles. The minimum absolute atomic E-state index is 0.0594. The molecule has 0 saturated heterocycles. The first-order chi connectivity index (χ1) is 8.86. The molecule has 0 bridgehead atoms. The maximum absolute atomic E-state index is 13.3. The van der Waals surface area contributed by atoms with Gasteiger partial charge in [-0.2, -0.15) is 4.39 Å². The third-order valence-electron chi connectivity index (χ3n) is 2.05. The van der Waals surface area contributed by atoms with Crippen LogP contribution in [0.2, 0.25) is 0 Å². The Bertz CT molecular complexity index is 508. The topological polar surface area (TPSA) is 82.3 Å². The van der Waals surface area contributed by atoms with E-state index in [0.29, 0.717) is 6.07 Å². The van der Waals surface area contributed by atoms with Crippen molar-refractivity contribution in [3.8, 4) is 0 Å². The third kappa shape index (κ3) is 3.63. The number of hydrogen-bond acceptors (Lipinski definition) is 5. The van der Waals surface area contributed by atoms with Crippen LogP contribution in [0.5, 0.6) is 0 Å². The lowest BCUT2D eigenvalue weighted by molar-refractivity contribution is -0.387. The molecule has 1 heterocycles. The van der Waals surface area contributed by atoms with Gasteiger partial charge in [0.25, 0.3) is 6.43 Å². The monoisotopic (exact) mass is 278 g/mol. The molecule has 0 unspecified atom stereocenters. The first-order valence-electron chi connectivity index (χ1n) is 5.14. The molecule has 1 aromatic heterocycles. The van der Waals surface area contributed by atoms with E-state index in [1.165, 1.54) is 6.92 Å². The highest BCUT2D eigenvalue weighted by molar-refractivity contribution is 5.72. The number of carbonyl (C=O) groups excluding carboxylic acids is 1. The summed E-state index contributed by atoms with van der Waals surface area (Å²) in [6.45, 7) is 1.59. The van der Waals surface area contributed by atoms with Crippen LogP contribution >= 0.6 is 0 Å². The molecule has 0 amide bonds. The van der Waals surface area contributed by atoms with Crippen LogP contribution in [0.15, 0.2) is 6.07 Å². The molecule has 0 spiro atoms. The van der Waals surface area contributed by atoms with Crippen LogP contribution in [0.1, 0.15) is 24.7 Å². The third-order valence-corrected chi connectivity index (χ3v) is 2.05. The molecule has 0 radical (unpaired) electrons. The van der Waals surface area contributed by atoms with Gasteiger partial charge in [-0.1, -0.05) is 0 Å². The van der Waals surface area contributed by atoms with E-state index in [1.807, 2.05) is 0 Å². The van der Waals surface area contributed by atoms with Crippen molar-refractivity contribution in [2.24, 2.45) is 0 Å². The number of pyridine rings is 1. The molecule has 9 heteroatoms. The predicted molar refractivity (Wildman–Crippen MR) is 56.1 cm³/mol. The van der Waals surface area contributed by atoms with E-state index in [1.54, 1.807) is 0 Å². The van der Waals surface area contributed by atoms with Gasteiger partial charge in [-0.3, -0.25) is 14.9 Å². The van der Waals surface area contributed by atoms with Crippen molar-refractivity contribution in [3.63, 3.8) is 0 Å². The fraction of sp³-hybridized carbons (Fsp3) is 0.400. The Hall–Kier alpha value is -2.19. The number of aromatic nitrogens is 1. The van der Waals surface area contributed by atoms with Crippen LogP contribution in [0.3, 0.4) is 0 Å². The van der Waals surface area contributed by atoms with Crippen LogP contribution in [-0.2, 0) is 16.0 Å². The highest BCUT2D eigenvalue weighted by atomic mass is 19.3. The van der Waals surface area contributed by atoms with Crippen molar-refractivity contribution in [3.05, 3.63) is 33.4 Å². The van der Waals surface area contributed by atoms with Crippen molar-refractivity contribution in [2.75, 3.05) is 6.61 Å². The SMILES string of the molecule is CCOC(=O)Cc1cc([N+](=O)[O-])c(F)c(C(F)F)n1. The van der Waals surface area contributed by atoms with E-state index in [-0.39, 0.29) is 12.3 Å². The zero-order chi connectivity index (χ0) is 14.6. The maximum atomic E-state index is 13.3. The van der Waals surface area contributed by atoms with E-state index < -0.39 is 40.9 Å². The van der Waals surface area contributed by atoms with Gasteiger partial charge in [0.15, 0.2) is 0 Å². The number of rotatable bonds is 5. The van der Waals surface area contributed by atoms with Crippen LogP contribution in [0.4, 0.5) is 18.9 Å². The quantitative estimate of drug-likeness (QED) is 0.468. The average Bonchev–Trinajstić information content (AvgIpc) is 2.30. The fourth-order valence-corrected chi connectivity index (χ4v) is 1.32. The highest BCUT2D eigenvalue weighted by Crippen LogP contribution is 2.27. The molecule has 0 aliphatic carbocycles. The van der Waals surface area contributed by atoms with Crippen LogP contribution in [0, 0.1) is 15.9 Å². The number of nitrogens with zero attached hydrogens (tertiary/aromatic N) is 2. The molecular weight excluding hydrogens is 269 g/mol. The van der Waals surface area contributed by atoms with Crippen LogP contribution < -0.4 is 0 Å². The summed E-state index contributed by atoms with van der Waals surface area (Å²) in [7, 11) is 0. The molecule has 0 aliphatic heterocycles. The number of hydrogen-bond donors (Lipinski definition) is 0. The van der Waals surface area contributed by atoms with Crippen LogP contribution in [0.25, 0.3) is 0 Å². The van der Waals surface area contributed by atoms with E-state index in [0.717, 1.165) is 0 Å². The molecule has 19 heavy (non-hydrogen) atoms. The summed E-state index contributed by atoms with van der Waals surface area (Å²) < 4.78 is 42.9. The van der Waals surface area contributed by atoms with Crippen molar-refractivity contribution >= 4 is 11.7 Å². The predicted octanol–water partition coefficient (Wildman–Crippen LogP) is 2.17.